The van der Waals surface area contributed by atoms with Gasteiger partial charge in [-0.05, 0) is 48.4 Å². The van der Waals surface area contributed by atoms with Crippen molar-refractivity contribution in [2.45, 2.75) is 38.8 Å². The first kappa shape index (κ1) is 15.5. The minimum atomic E-state index is 0.836. The first-order valence-corrected chi connectivity index (χ1v) is 9.85. The normalized spacial score (nSPS) is 17.8. The highest BCUT2D eigenvalue weighted by atomic mass is 79.9. The predicted octanol–water partition coefficient (Wildman–Crippen LogP) is 4.23. The Morgan fingerprint density at radius 3 is 3.08 bits per heavy atom. The highest BCUT2D eigenvalue weighted by Gasteiger charge is 2.24. The molecule has 2 aliphatic rings. The van der Waals surface area contributed by atoms with Crippen LogP contribution in [0.15, 0.2) is 35.1 Å². The summed E-state index contributed by atoms with van der Waals surface area (Å²) in [6.07, 6.45) is 9.02. The molecule has 0 unspecified atom stereocenters. The van der Waals surface area contributed by atoms with Gasteiger partial charge in [-0.2, -0.15) is 0 Å². The molecule has 2 aromatic heterocycles. The lowest BCUT2D eigenvalue weighted by molar-refractivity contribution is 0.241. The predicted molar refractivity (Wildman–Crippen MR) is 102 cm³/mol. The van der Waals surface area contributed by atoms with Crippen LogP contribution in [0.1, 0.15) is 35.5 Å². The molecule has 1 aliphatic heterocycles. The zero-order valence-corrected chi connectivity index (χ0v) is 15.7. The van der Waals surface area contributed by atoms with E-state index in [0.717, 1.165) is 48.7 Å². The van der Waals surface area contributed by atoms with Crippen molar-refractivity contribution in [3.8, 4) is 0 Å². The summed E-state index contributed by atoms with van der Waals surface area (Å²) >= 11 is 3.54. The average molecular weight is 397 g/mol. The highest BCUT2D eigenvalue weighted by Crippen LogP contribution is 2.32. The summed E-state index contributed by atoms with van der Waals surface area (Å²) in [5.41, 5.74) is 5.12. The maximum Gasteiger partial charge on any atom is 0.128 e. The Bertz CT molecular complexity index is 929. The number of halogens is 1. The SMILES string of the molecule is Brc1ccc2c(CN3CCc4cnc(CC5CC5)nc4C3)c[nH]c2c1. The lowest BCUT2D eigenvalue weighted by Crippen LogP contribution is -2.31. The molecule has 5 rings (SSSR count). The molecule has 1 N–H and O–H groups in total. The molecule has 0 atom stereocenters. The molecule has 1 aliphatic carbocycles. The van der Waals surface area contributed by atoms with E-state index in [-0.39, 0.29) is 0 Å². The second kappa shape index (κ2) is 6.22. The molecule has 128 valence electrons. The number of rotatable bonds is 4. The minimum Gasteiger partial charge on any atom is -0.361 e. The number of aromatic nitrogens is 3. The zero-order valence-electron chi connectivity index (χ0n) is 14.1. The number of H-pyrrole nitrogens is 1. The fraction of sp³-hybridized carbons (Fsp3) is 0.400. The summed E-state index contributed by atoms with van der Waals surface area (Å²) in [7, 11) is 0. The van der Waals surface area contributed by atoms with E-state index in [4.69, 9.17) is 4.98 Å². The second-order valence-corrected chi connectivity index (χ2v) is 8.29. The summed E-state index contributed by atoms with van der Waals surface area (Å²) in [5.74, 6) is 1.88. The van der Waals surface area contributed by atoms with Crippen molar-refractivity contribution < 1.29 is 0 Å². The summed E-state index contributed by atoms with van der Waals surface area (Å²) in [6, 6.07) is 6.45. The van der Waals surface area contributed by atoms with Crippen molar-refractivity contribution in [2.75, 3.05) is 6.54 Å². The van der Waals surface area contributed by atoms with Crippen LogP contribution in [0, 0.1) is 5.92 Å². The molecule has 3 heterocycles. The van der Waals surface area contributed by atoms with E-state index in [1.807, 2.05) is 0 Å². The molecule has 0 spiro atoms. The zero-order chi connectivity index (χ0) is 16.8. The van der Waals surface area contributed by atoms with Crippen molar-refractivity contribution >= 4 is 26.8 Å². The fourth-order valence-electron chi connectivity index (χ4n) is 3.74. The van der Waals surface area contributed by atoms with Gasteiger partial charge in [0.25, 0.3) is 0 Å². The molecule has 5 heteroatoms. The van der Waals surface area contributed by atoms with E-state index in [9.17, 15) is 0 Å². The molecule has 1 aromatic carbocycles. The van der Waals surface area contributed by atoms with E-state index in [0.29, 0.717) is 0 Å². The van der Waals surface area contributed by atoms with Gasteiger partial charge in [0.1, 0.15) is 5.82 Å². The van der Waals surface area contributed by atoms with Crippen LogP contribution < -0.4 is 0 Å². The number of hydrogen-bond donors (Lipinski definition) is 1. The summed E-state index contributed by atoms with van der Waals surface area (Å²) in [4.78, 5) is 15.4. The van der Waals surface area contributed by atoms with Crippen molar-refractivity contribution in [2.24, 2.45) is 5.92 Å². The molecule has 1 fully saturated rings. The third-order valence-corrected chi connectivity index (χ3v) is 5.86. The molecular formula is C20H21BrN4. The maximum atomic E-state index is 4.88. The van der Waals surface area contributed by atoms with Gasteiger partial charge in [-0.25, -0.2) is 9.97 Å². The van der Waals surface area contributed by atoms with Crippen LogP contribution in [0.3, 0.4) is 0 Å². The fourth-order valence-corrected chi connectivity index (χ4v) is 4.10. The standard InChI is InChI=1S/C20H21BrN4/c21-16-3-4-17-15(10-22-18(17)8-16)11-25-6-5-14-9-23-20(7-13-1-2-13)24-19(14)12-25/h3-4,8-10,13,22H,1-2,5-7,11-12H2. The molecule has 0 radical (unpaired) electrons. The van der Waals surface area contributed by atoms with Crippen molar-refractivity contribution in [1.29, 1.82) is 0 Å². The highest BCUT2D eigenvalue weighted by molar-refractivity contribution is 9.10. The van der Waals surface area contributed by atoms with Crippen molar-refractivity contribution in [3.63, 3.8) is 0 Å². The van der Waals surface area contributed by atoms with Gasteiger partial charge in [-0.3, -0.25) is 4.90 Å². The lowest BCUT2D eigenvalue weighted by atomic mass is 10.1. The van der Waals surface area contributed by atoms with Crippen LogP contribution in [0.4, 0.5) is 0 Å². The van der Waals surface area contributed by atoms with Crippen LogP contribution in [0.5, 0.6) is 0 Å². The monoisotopic (exact) mass is 396 g/mol. The van der Waals surface area contributed by atoms with E-state index in [2.05, 4.69) is 61.4 Å². The second-order valence-electron chi connectivity index (χ2n) is 7.37. The largest absolute Gasteiger partial charge is 0.361 e. The molecule has 1 saturated carbocycles. The molecule has 0 amide bonds. The molecule has 0 bridgehead atoms. The smallest absolute Gasteiger partial charge is 0.128 e. The van der Waals surface area contributed by atoms with Gasteiger partial charge < -0.3 is 4.98 Å². The van der Waals surface area contributed by atoms with E-state index < -0.39 is 0 Å². The van der Waals surface area contributed by atoms with Crippen LogP contribution >= 0.6 is 15.9 Å². The lowest BCUT2D eigenvalue weighted by Gasteiger charge is -2.27. The van der Waals surface area contributed by atoms with Gasteiger partial charge in [0.15, 0.2) is 0 Å². The molecule has 0 saturated heterocycles. The molecule has 4 nitrogen and oxygen atoms in total. The molecule has 25 heavy (non-hydrogen) atoms. The van der Waals surface area contributed by atoms with Gasteiger partial charge in [0.05, 0.1) is 5.69 Å². The van der Waals surface area contributed by atoms with Crippen molar-refractivity contribution in [1.82, 2.24) is 19.9 Å². The van der Waals surface area contributed by atoms with Gasteiger partial charge in [-0.1, -0.05) is 22.0 Å². The first-order chi connectivity index (χ1) is 12.2. The van der Waals surface area contributed by atoms with Crippen LogP contribution in [-0.4, -0.2) is 26.4 Å². The van der Waals surface area contributed by atoms with E-state index >= 15 is 0 Å². The third-order valence-electron chi connectivity index (χ3n) is 5.37. The number of aromatic amines is 1. The van der Waals surface area contributed by atoms with Crippen LogP contribution in [0.25, 0.3) is 10.9 Å². The van der Waals surface area contributed by atoms with Crippen LogP contribution in [-0.2, 0) is 25.9 Å². The number of nitrogens with zero attached hydrogens (tertiary/aromatic N) is 3. The topological polar surface area (TPSA) is 44.8 Å². The number of hydrogen-bond acceptors (Lipinski definition) is 3. The molecule has 3 aromatic rings. The first-order valence-electron chi connectivity index (χ1n) is 9.06. The quantitative estimate of drug-likeness (QED) is 0.717. The summed E-state index contributed by atoms with van der Waals surface area (Å²) < 4.78 is 1.11. The van der Waals surface area contributed by atoms with E-state index in [1.54, 1.807) is 0 Å². The Hall–Kier alpha value is -1.72. The van der Waals surface area contributed by atoms with Crippen LogP contribution in [0.2, 0.25) is 0 Å². The Balaban J connectivity index is 1.35. The van der Waals surface area contributed by atoms with Gasteiger partial charge in [-0.15, -0.1) is 0 Å². The maximum absolute atomic E-state index is 4.88. The molecular weight excluding hydrogens is 376 g/mol. The minimum absolute atomic E-state index is 0.836. The Labute approximate surface area is 155 Å². The number of nitrogens with one attached hydrogen (secondary N) is 1. The van der Waals surface area contributed by atoms with Gasteiger partial charge in [0.2, 0.25) is 0 Å². The van der Waals surface area contributed by atoms with E-state index in [1.165, 1.54) is 40.6 Å². The van der Waals surface area contributed by atoms with Gasteiger partial charge in [0, 0.05) is 53.8 Å². The Morgan fingerprint density at radius 2 is 2.20 bits per heavy atom. The van der Waals surface area contributed by atoms with Crippen molar-refractivity contribution in [3.05, 3.63) is 57.7 Å². The summed E-state index contributed by atoms with van der Waals surface area (Å²) in [6.45, 7) is 2.96. The number of benzene rings is 1. The van der Waals surface area contributed by atoms with Gasteiger partial charge >= 0.3 is 0 Å². The number of fused-ring (bicyclic) bond motifs is 2. The Morgan fingerprint density at radius 1 is 1.28 bits per heavy atom. The Kier molecular flexibility index (Phi) is 3.86. The third kappa shape index (κ3) is 3.23. The summed E-state index contributed by atoms with van der Waals surface area (Å²) in [5, 5.41) is 1.31. The average Bonchev–Trinajstić information content (AvgIpc) is 3.34.